The molecule has 20 heavy (non-hydrogen) atoms. The third-order valence-corrected chi connectivity index (χ3v) is 7.61. The summed E-state index contributed by atoms with van der Waals surface area (Å²) in [6.07, 6.45) is 7.03. The van der Waals surface area contributed by atoms with E-state index in [1.807, 2.05) is 0 Å². The third-order valence-electron chi connectivity index (χ3n) is 7.61. The largest absolute Gasteiger partial charge is 0.393 e. The summed E-state index contributed by atoms with van der Waals surface area (Å²) in [5.41, 5.74) is 5.51. The molecule has 0 radical (unpaired) electrons. The van der Waals surface area contributed by atoms with Crippen LogP contribution in [0.15, 0.2) is 17.9 Å². The van der Waals surface area contributed by atoms with E-state index in [0.29, 0.717) is 16.7 Å². The quantitative estimate of drug-likeness (QED) is 0.634. The minimum atomic E-state index is -0.124. The molecule has 0 heterocycles. The second-order valence-electron chi connectivity index (χ2n) is 8.64. The van der Waals surface area contributed by atoms with Crippen molar-refractivity contribution in [2.45, 2.75) is 72.3 Å². The minimum Gasteiger partial charge on any atom is -0.393 e. The number of aliphatic hydroxyl groups excluding tert-OH is 1. The van der Waals surface area contributed by atoms with Gasteiger partial charge in [0, 0.05) is 0 Å². The number of fused-ring (bicyclic) bond motifs is 3. The van der Waals surface area contributed by atoms with Gasteiger partial charge in [-0.25, -0.2) is 0 Å². The van der Waals surface area contributed by atoms with Crippen LogP contribution in [0, 0.1) is 28.1 Å². The summed E-state index contributed by atoms with van der Waals surface area (Å²) in [6, 6.07) is 0. The maximum Gasteiger partial charge on any atom is 0.0594 e. The zero-order valence-electron chi connectivity index (χ0n) is 13.6. The van der Waals surface area contributed by atoms with Gasteiger partial charge in [-0.3, -0.25) is 0 Å². The van der Waals surface area contributed by atoms with Crippen LogP contribution in [0.1, 0.15) is 66.2 Å². The van der Waals surface area contributed by atoms with Crippen molar-refractivity contribution < 1.29 is 5.11 Å². The van der Waals surface area contributed by atoms with Crippen molar-refractivity contribution in [1.29, 1.82) is 0 Å². The standard InChI is InChI=1S/C19H30O/c1-6-13-7-8-15-18(13,4)11-9-14-17(2,3)16(20)10-12-19(14,15)5/h14-16,20H,1,7-12H2,2-5H3/t14?,15-,16-,18-,19-/m0/s1. The van der Waals surface area contributed by atoms with E-state index < -0.39 is 0 Å². The number of allylic oxidation sites excluding steroid dienone is 1. The molecule has 0 bridgehead atoms. The molecule has 3 aliphatic carbocycles. The first-order valence-corrected chi connectivity index (χ1v) is 8.34. The fraction of sp³-hybridized carbons (Fsp3) is 0.842. The van der Waals surface area contributed by atoms with Gasteiger partial charge >= 0.3 is 0 Å². The lowest BCUT2D eigenvalue weighted by Crippen LogP contribution is -2.57. The summed E-state index contributed by atoms with van der Waals surface area (Å²) in [5.74, 6) is 1.41. The van der Waals surface area contributed by atoms with Crippen molar-refractivity contribution >= 4 is 0 Å². The molecule has 3 aliphatic rings. The van der Waals surface area contributed by atoms with E-state index in [0.717, 1.165) is 12.3 Å². The van der Waals surface area contributed by atoms with Crippen LogP contribution in [-0.2, 0) is 0 Å². The fourth-order valence-corrected chi connectivity index (χ4v) is 6.42. The maximum absolute atomic E-state index is 10.5. The van der Waals surface area contributed by atoms with E-state index in [2.05, 4.69) is 40.0 Å². The Morgan fingerprint density at radius 1 is 1.05 bits per heavy atom. The van der Waals surface area contributed by atoms with Crippen LogP contribution in [-0.4, -0.2) is 11.2 Å². The molecule has 1 nitrogen and oxygen atoms in total. The Bertz CT molecular complexity index is 470. The Balaban J connectivity index is 2.03. The normalized spacial score (nSPS) is 50.2. The average molecular weight is 274 g/mol. The predicted molar refractivity (Wildman–Crippen MR) is 83.3 cm³/mol. The average Bonchev–Trinajstić information content (AvgIpc) is 2.72. The van der Waals surface area contributed by atoms with E-state index >= 15 is 0 Å². The van der Waals surface area contributed by atoms with E-state index in [-0.39, 0.29) is 11.5 Å². The monoisotopic (exact) mass is 274 g/mol. The zero-order chi connectivity index (χ0) is 14.8. The topological polar surface area (TPSA) is 20.2 Å². The Morgan fingerprint density at radius 2 is 1.75 bits per heavy atom. The Hall–Kier alpha value is -0.520. The molecule has 112 valence electrons. The van der Waals surface area contributed by atoms with Crippen molar-refractivity contribution in [2.75, 3.05) is 0 Å². The van der Waals surface area contributed by atoms with Crippen molar-refractivity contribution in [1.82, 2.24) is 0 Å². The maximum atomic E-state index is 10.5. The molecule has 1 unspecified atom stereocenters. The van der Waals surface area contributed by atoms with Gasteiger partial charge < -0.3 is 5.11 Å². The van der Waals surface area contributed by atoms with Gasteiger partial charge in [-0.1, -0.05) is 34.3 Å². The van der Waals surface area contributed by atoms with Crippen LogP contribution in [0.2, 0.25) is 0 Å². The molecule has 1 N–H and O–H groups in total. The number of hydrogen-bond acceptors (Lipinski definition) is 1. The van der Waals surface area contributed by atoms with Gasteiger partial charge in [0.05, 0.1) is 6.10 Å². The van der Waals surface area contributed by atoms with Crippen molar-refractivity contribution in [3.8, 4) is 0 Å². The summed E-state index contributed by atoms with van der Waals surface area (Å²) in [7, 11) is 0. The Morgan fingerprint density at radius 3 is 2.40 bits per heavy atom. The van der Waals surface area contributed by atoms with Crippen molar-refractivity contribution in [2.24, 2.45) is 28.1 Å². The highest BCUT2D eigenvalue weighted by Crippen LogP contribution is 2.69. The summed E-state index contributed by atoms with van der Waals surface area (Å²) in [6.45, 7) is 13.5. The van der Waals surface area contributed by atoms with E-state index in [4.69, 9.17) is 0 Å². The van der Waals surface area contributed by atoms with Crippen LogP contribution >= 0.6 is 0 Å². The lowest BCUT2D eigenvalue weighted by atomic mass is 9.43. The first kappa shape index (κ1) is 14.4. The van der Waals surface area contributed by atoms with Gasteiger partial charge in [-0.2, -0.15) is 0 Å². The fourth-order valence-electron chi connectivity index (χ4n) is 6.42. The SMILES string of the molecule is C=C=C1CC[C@H]2[C@@]1(C)CCC1C(C)(C)[C@@H](O)CC[C@@]12C. The number of aliphatic hydroxyl groups is 1. The van der Waals surface area contributed by atoms with Gasteiger partial charge in [0.1, 0.15) is 0 Å². The molecule has 0 spiro atoms. The Kier molecular flexibility index (Phi) is 3.06. The summed E-state index contributed by atoms with van der Waals surface area (Å²) >= 11 is 0. The minimum absolute atomic E-state index is 0.0645. The molecule has 3 saturated carbocycles. The third kappa shape index (κ3) is 1.60. The van der Waals surface area contributed by atoms with Gasteiger partial charge in [0.25, 0.3) is 0 Å². The van der Waals surface area contributed by atoms with Gasteiger partial charge in [-0.15, -0.1) is 5.73 Å². The zero-order valence-corrected chi connectivity index (χ0v) is 13.6. The molecule has 0 amide bonds. The highest BCUT2D eigenvalue weighted by atomic mass is 16.3. The molecule has 3 rings (SSSR count). The number of rotatable bonds is 0. The van der Waals surface area contributed by atoms with E-state index in [1.54, 1.807) is 0 Å². The summed E-state index contributed by atoms with van der Waals surface area (Å²) in [5, 5.41) is 10.5. The molecule has 3 fully saturated rings. The smallest absolute Gasteiger partial charge is 0.0594 e. The van der Waals surface area contributed by atoms with Crippen LogP contribution < -0.4 is 0 Å². The molecule has 0 aromatic rings. The molecule has 0 saturated heterocycles. The molecule has 0 aromatic carbocycles. The highest BCUT2D eigenvalue weighted by molar-refractivity contribution is 5.25. The van der Waals surface area contributed by atoms with Crippen LogP contribution in [0.3, 0.4) is 0 Å². The first-order valence-electron chi connectivity index (χ1n) is 8.34. The van der Waals surface area contributed by atoms with Gasteiger partial charge in [0.15, 0.2) is 0 Å². The molecular formula is C19H30O. The van der Waals surface area contributed by atoms with E-state index in [9.17, 15) is 5.11 Å². The van der Waals surface area contributed by atoms with Gasteiger partial charge in [0.2, 0.25) is 0 Å². The lowest BCUT2D eigenvalue weighted by Gasteiger charge is -2.62. The molecule has 0 aromatic heterocycles. The van der Waals surface area contributed by atoms with Gasteiger partial charge in [-0.05, 0) is 72.2 Å². The molecule has 5 atom stereocenters. The summed E-state index contributed by atoms with van der Waals surface area (Å²) in [4.78, 5) is 0. The first-order chi connectivity index (χ1) is 9.26. The second-order valence-corrected chi connectivity index (χ2v) is 8.64. The lowest BCUT2D eigenvalue weighted by molar-refractivity contribution is -0.157. The predicted octanol–water partition coefficient (Wildman–Crippen LogP) is 4.71. The number of hydrogen-bond donors (Lipinski definition) is 1. The Labute approximate surface area is 124 Å². The molecular weight excluding hydrogens is 244 g/mol. The second kappa shape index (κ2) is 4.24. The van der Waals surface area contributed by atoms with Crippen LogP contribution in [0.5, 0.6) is 0 Å². The van der Waals surface area contributed by atoms with Crippen molar-refractivity contribution in [3.63, 3.8) is 0 Å². The van der Waals surface area contributed by atoms with E-state index in [1.165, 1.54) is 37.7 Å². The van der Waals surface area contributed by atoms with Crippen LogP contribution in [0.25, 0.3) is 0 Å². The molecule has 0 aliphatic heterocycles. The summed E-state index contributed by atoms with van der Waals surface area (Å²) < 4.78 is 0. The van der Waals surface area contributed by atoms with Crippen LogP contribution in [0.4, 0.5) is 0 Å². The highest BCUT2D eigenvalue weighted by Gasteiger charge is 2.62. The van der Waals surface area contributed by atoms with Crippen molar-refractivity contribution in [3.05, 3.63) is 17.9 Å². The molecule has 1 heteroatoms.